The Morgan fingerprint density at radius 1 is 0.660 bits per heavy atom. The number of halogens is 9. The van der Waals surface area contributed by atoms with Crippen LogP contribution in [-0.4, -0.2) is 66.1 Å². The minimum atomic E-state index is -7.08. The number of hydrogen-bond donors (Lipinski definition) is 2. The Morgan fingerprint density at radius 2 is 1.00 bits per heavy atom. The van der Waals surface area contributed by atoms with Gasteiger partial charge in [0.1, 0.15) is 0 Å². The van der Waals surface area contributed by atoms with Gasteiger partial charge in [-0.1, -0.05) is 0 Å². The summed E-state index contributed by atoms with van der Waals surface area (Å²) in [7, 11) is 0. The normalized spacial score (nSPS) is 21.6. The van der Waals surface area contributed by atoms with Crippen molar-refractivity contribution in [3.63, 3.8) is 0 Å². The van der Waals surface area contributed by atoms with Gasteiger partial charge < -0.3 is 5.11 Å². The Bertz CT molecular complexity index is 1380. The van der Waals surface area contributed by atoms with E-state index in [2.05, 4.69) is 61.2 Å². The van der Waals surface area contributed by atoms with Gasteiger partial charge in [-0.2, -0.15) is 26.3 Å². The van der Waals surface area contributed by atoms with E-state index in [9.17, 15) is 54.8 Å². The van der Waals surface area contributed by atoms with Crippen LogP contribution in [0.15, 0.2) is 36.4 Å². The van der Waals surface area contributed by atoms with Gasteiger partial charge in [0.05, 0.1) is 0 Å². The molecular weight excluding hydrogens is 690 g/mol. The topological polar surface area (TPSA) is 69.5 Å². The van der Waals surface area contributed by atoms with Gasteiger partial charge >= 0.3 is 223 Å². The molecule has 1 saturated heterocycles. The Hall–Kier alpha value is -2.78. The molecule has 0 spiro atoms. The van der Waals surface area contributed by atoms with Crippen LogP contribution in [0.2, 0.25) is 0 Å². The number of benzene rings is 2. The van der Waals surface area contributed by atoms with Gasteiger partial charge in [0.15, 0.2) is 0 Å². The monoisotopic (exact) mass is 728 g/mol. The van der Waals surface area contributed by atoms with Crippen molar-refractivity contribution in [2.24, 2.45) is 0 Å². The van der Waals surface area contributed by atoms with Crippen LogP contribution in [0.3, 0.4) is 0 Å². The fourth-order valence-electron chi connectivity index (χ4n) is 5.34. The molecule has 2 fully saturated rings. The van der Waals surface area contributed by atoms with Gasteiger partial charge in [-0.25, -0.2) is 13.2 Å². The number of rotatable bonds is 3. The zero-order valence-electron chi connectivity index (χ0n) is 26.5. The van der Waals surface area contributed by atoms with E-state index in [1.165, 1.54) is 12.8 Å². The van der Waals surface area contributed by atoms with E-state index in [4.69, 9.17) is 0 Å². The fraction of sp³-hybridized carbons (Fsp3) is 0.562. The summed E-state index contributed by atoms with van der Waals surface area (Å²) in [5, 5.41) is 31.3. The first kappa shape index (κ1) is 38.7. The van der Waals surface area contributed by atoms with Crippen molar-refractivity contribution in [2.75, 3.05) is 0 Å². The Kier molecular flexibility index (Phi) is 10.9. The van der Waals surface area contributed by atoms with Crippen LogP contribution >= 0.6 is 0 Å². The molecule has 0 unspecified atom stereocenters. The van der Waals surface area contributed by atoms with Crippen molar-refractivity contribution >= 4 is 12.4 Å². The molecule has 265 valence electrons. The molecule has 4 rings (SSSR count). The van der Waals surface area contributed by atoms with Crippen LogP contribution in [0.4, 0.5) is 39.5 Å². The van der Waals surface area contributed by atoms with Crippen LogP contribution in [0.5, 0.6) is 11.5 Å². The Labute approximate surface area is 273 Å². The van der Waals surface area contributed by atoms with E-state index in [0.717, 1.165) is 50.2 Å². The predicted molar refractivity (Wildman–Crippen MR) is 151 cm³/mol. The van der Waals surface area contributed by atoms with Crippen molar-refractivity contribution in [1.82, 2.24) is 0 Å². The Morgan fingerprint density at radius 3 is 1.26 bits per heavy atom. The second-order valence-corrected chi connectivity index (χ2v) is 14.8. The van der Waals surface area contributed by atoms with E-state index >= 15 is 0 Å². The molecule has 2 atom stereocenters. The summed E-state index contributed by atoms with van der Waals surface area (Å²) in [5.74, 6) is 0.759. The maximum Gasteiger partial charge on any atom is 0.436 e. The molecule has 0 amide bonds. The predicted octanol–water partition coefficient (Wildman–Crippen LogP) is 7.27. The number of phenolic OH excluding ortho intramolecular Hbond substituents is 2. The van der Waals surface area contributed by atoms with Gasteiger partial charge in [0, 0.05) is 0 Å². The minimum absolute atomic E-state index is 0.112. The molecule has 0 aromatic heterocycles. The quantitative estimate of drug-likeness (QED) is 0.327. The Balaban J connectivity index is 0.000000363. The number of alkyl halides is 9. The molecule has 1 saturated carbocycles. The number of aromatic hydroxyl groups is 2. The summed E-state index contributed by atoms with van der Waals surface area (Å²) in [6, 6.07) is 12.9. The maximum atomic E-state index is 12.0. The van der Waals surface area contributed by atoms with E-state index in [1.54, 1.807) is 0 Å². The SMILES string of the molecule is CC(C)(C)c1cccc(C=[N+]2[Co][N+](=Cc3cccc(C(C)(C)C)c3O)[C@@H]3CCCC[C@H]32)c1O.[O-]C(F)(F)C(F)(C(F)(F)F)C(F)(F)F. The largest absolute Gasteiger partial charge is 0.795 e. The fourth-order valence-corrected chi connectivity index (χ4v) is 6.97. The molecule has 2 aromatic carbocycles. The van der Waals surface area contributed by atoms with Gasteiger partial charge in [-0.05, 0) is 0 Å². The zero-order valence-corrected chi connectivity index (χ0v) is 27.6. The molecule has 2 aromatic rings. The van der Waals surface area contributed by atoms with E-state index in [-0.39, 0.29) is 10.8 Å². The summed E-state index contributed by atoms with van der Waals surface area (Å²) >= 11 is 1.10. The maximum absolute atomic E-state index is 12.0. The van der Waals surface area contributed by atoms with Gasteiger partial charge in [0.25, 0.3) is 0 Å². The van der Waals surface area contributed by atoms with Crippen LogP contribution in [0, 0.1) is 0 Å². The van der Waals surface area contributed by atoms with Crippen molar-refractivity contribution in [2.45, 2.75) is 114 Å². The van der Waals surface area contributed by atoms with Crippen LogP contribution in [-0.2, 0) is 26.0 Å². The molecule has 2 N–H and O–H groups in total. The number of phenols is 2. The molecule has 2 aliphatic rings. The van der Waals surface area contributed by atoms with Crippen molar-refractivity contribution in [1.29, 1.82) is 0 Å². The second kappa shape index (κ2) is 13.3. The molecule has 1 heterocycles. The zero-order chi connectivity index (χ0) is 36.0. The molecule has 1 aliphatic heterocycles. The van der Waals surface area contributed by atoms with Crippen molar-refractivity contribution in [3.8, 4) is 11.5 Å². The summed E-state index contributed by atoms with van der Waals surface area (Å²) < 4.78 is 107. The molecule has 0 bridgehead atoms. The van der Waals surface area contributed by atoms with E-state index in [1.807, 2.05) is 36.4 Å². The average molecular weight is 729 g/mol. The van der Waals surface area contributed by atoms with Crippen molar-refractivity contribution in [3.05, 3.63) is 58.7 Å². The molecule has 47 heavy (non-hydrogen) atoms. The summed E-state index contributed by atoms with van der Waals surface area (Å²) in [4.78, 5) is 0. The second-order valence-electron chi connectivity index (χ2n) is 13.5. The number of hydrogen-bond acceptors (Lipinski definition) is 3. The van der Waals surface area contributed by atoms with E-state index in [0.29, 0.717) is 23.6 Å². The third kappa shape index (κ3) is 8.10. The molecule has 0 radical (unpaired) electrons. The molecular formula is C32H38CoF9N2O3+. The third-order valence-corrected chi connectivity index (χ3v) is 9.34. The van der Waals surface area contributed by atoms with Crippen molar-refractivity contribution < 1.29 is 77.2 Å². The summed E-state index contributed by atoms with van der Waals surface area (Å²) in [6.07, 6.45) is -11.9. The summed E-state index contributed by atoms with van der Waals surface area (Å²) in [5.41, 5.74) is -3.61. The molecule has 15 heteroatoms. The van der Waals surface area contributed by atoms with Gasteiger partial charge in [0.2, 0.25) is 6.11 Å². The standard InChI is InChI=1S/C28H38N2O2.C4F9O.Co/c1-27(2,3)21-13-9-11-19(25(21)31)17-29-23-15-7-8-16-24(23)30-18-20-12-10-14-22(26(20)32)28(4,5)6;5-1(2(6,7)8,3(9,10)11)4(12,13)14;/h9-14,17-18,23-24,31-32H,7-8,15-16H2,1-6H3;;/q;-1;+2/t23-,24-;;/m1../s1. The van der Waals surface area contributed by atoms with E-state index < -0.39 is 24.1 Å². The first-order valence-corrected chi connectivity index (χ1v) is 15.6. The number of para-hydroxylation sites is 2. The van der Waals surface area contributed by atoms with Crippen LogP contribution < -0.4 is 5.11 Å². The average Bonchev–Trinajstić information content (AvgIpc) is 3.24. The third-order valence-electron chi connectivity index (χ3n) is 7.90. The van der Waals surface area contributed by atoms with Crippen LogP contribution in [0.1, 0.15) is 89.5 Å². The molecule has 5 nitrogen and oxygen atoms in total. The summed E-state index contributed by atoms with van der Waals surface area (Å²) in [6.45, 7) is 12.8. The number of fused-ring (bicyclic) bond motifs is 1. The smallest absolute Gasteiger partial charge is 0.436 e. The van der Waals surface area contributed by atoms with Crippen LogP contribution in [0.25, 0.3) is 0 Å². The first-order valence-electron chi connectivity index (χ1n) is 14.6. The minimum Gasteiger partial charge on any atom is -0.795 e. The number of nitrogens with zero attached hydrogens (tertiary/aromatic N) is 2. The van der Waals surface area contributed by atoms with Gasteiger partial charge in [-0.15, -0.1) is 0 Å². The first-order chi connectivity index (χ1) is 21.2. The van der Waals surface area contributed by atoms with Gasteiger partial charge in [-0.3, -0.25) is 0 Å². The molecule has 1 aliphatic carbocycles.